The van der Waals surface area contributed by atoms with Gasteiger partial charge in [0.2, 0.25) is 11.7 Å². The van der Waals surface area contributed by atoms with Gasteiger partial charge in [-0.2, -0.15) is 13.2 Å². The van der Waals surface area contributed by atoms with Crippen LogP contribution in [-0.2, 0) is 24.3 Å². The summed E-state index contributed by atoms with van der Waals surface area (Å²) < 4.78 is 46.6. The van der Waals surface area contributed by atoms with Gasteiger partial charge < -0.3 is 20.7 Å². The predicted molar refractivity (Wildman–Crippen MR) is 126 cm³/mol. The molecule has 0 aliphatic heterocycles. The molecule has 184 valence electrons. The molecule has 1 saturated carbocycles. The lowest BCUT2D eigenvalue weighted by Crippen LogP contribution is -2.27. The van der Waals surface area contributed by atoms with E-state index in [2.05, 4.69) is 20.0 Å². The summed E-state index contributed by atoms with van der Waals surface area (Å²) in [5.74, 6) is -0.747. The Morgan fingerprint density at radius 3 is 2.51 bits per heavy atom. The lowest BCUT2D eigenvalue weighted by atomic mass is 10.1. The van der Waals surface area contributed by atoms with Crippen LogP contribution >= 0.6 is 0 Å². The van der Waals surface area contributed by atoms with Crippen LogP contribution in [-0.4, -0.2) is 28.0 Å². The number of hydrogen-bond acceptors (Lipinski definition) is 6. The van der Waals surface area contributed by atoms with E-state index in [0.717, 1.165) is 24.0 Å². The molecule has 0 radical (unpaired) electrons. The maximum atomic E-state index is 15.4. The number of alkyl halides is 2. The minimum Gasteiger partial charge on any atom is -0.433 e. The third-order valence-corrected chi connectivity index (χ3v) is 5.44. The zero-order valence-electron chi connectivity index (χ0n) is 19.2. The molecule has 1 heterocycles. The highest BCUT2D eigenvalue weighted by atomic mass is 19.3. The largest absolute Gasteiger partial charge is 0.433 e. The Labute approximate surface area is 201 Å². The smallest absolute Gasteiger partial charge is 0.394 e. The van der Waals surface area contributed by atoms with Gasteiger partial charge >= 0.3 is 6.11 Å². The predicted octanol–water partition coefficient (Wildman–Crippen LogP) is 4.42. The third-order valence-electron chi connectivity index (χ3n) is 5.44. The van der Waals surface area contributed by atoms with E-state index in [1.54, 1.807) is 24.3 Å². The van der Waals surface area contributed by atoms with Crippen LogP contribution in [0.4, 0.5) is 24.8 Å². The zero-order chi connectivity index (χ0) is 25.0. The normalized spacial score (nSPS) is 13.4. The monoisotopic (exact) mass is 485 g/mol. The number of nitrogens with zero attached hydrogens (tertiary/aromatic N) is 3. The lowest BCUT2D eigenvalue weighted by molar-refractivity contribution is -0.159. The second-order valence-electron chi connectivity index (χ2n) is 8.59. The minimum absolute atomic E-state index is 0.0399. The van der Waals surface area contributed by atoms with Crippen LogP contribution in [0.3, 0.4) is 0 Å². The number of amides is 1. The Morgan fingerprint density at radius 1 is 1.14 bits per heavy atom. The van der Waals surface area contributed by atoms with Gasteiger partial charge in [0, 0.05) is 26.1 Å². The van der Waals surface area contributed by atoms with Gasteiger partial charge in [-0.25, -0.2) is 9.97 Å². The first kappa shape index (κ1) is 24.3. The molecule has 1 aliphatic rings. The highest BCUT2D eigenvalue weighted by Crippen LogP contribution is 2.35. The fourth-order valence-corrected chi connectivity index (χ4v) is 3.72. The molecule has 0 atom stereocenters. The number of ether oxygens (including phenoxy) is 1. The molecule has 7 nitrogen and oxygen atoms in total. The quantitative estimate of drug-likeness (QED) is 0.418. The first-order valence-corrected chi connectivity index (χ1v) is 11.2. The molecule has 3 aromatic rings. The summed E-state index contributed by atoms with van der Waals surface area (Å²) in [5, 5.41) is 3.00. The Kier molecular flexibility index (Phi) is 7.09. The van der Waals surface area contributed by atoms with Gasteiger partial charge in [0.25, 0.3) is 0 Å². The van der Waals surface area contributed by atoms with Gasteiger partial charge in [0.15, 0.2) is 11.6 Å². The summed E-state index contributed by atoms with van der Waals surface area (Å²) in [6.45, 7) is 1.28. The number of halogens is 3. The van der Waals surface area contributed by atoms with Gasteiger partial charge in [0.1, 0.15) is 12.1 Å². The summed E-state index contributed by atoms with van der Waals surface area (Å²) >= 11 is 0. The number of nitrogens with one attached hydrogen (secondary N) is 1. The van der Waals surface area contributed by atoms with Crippen molar-refractivity contribution in [3.05, 3.63) is 77.4 Å². The van der Waals surface area contributed by atoms with E-state index >= 15 is 4.39 Å². The van der Waals surface area contributed by atoms with Gasteiger partial charge in [-0.1, -0.05) is 36.4 Å². The molecule has 1 aliphatic carbocycles. The molecular weight excluding hydrogens is 459 g/mol. The van der Waals surface area contributed by atoms with E-state index in [-0.39, 0.29) is 36.4 Å². The second kappa shape index (κ2) is 10.2. The molecule has 0 bridgehead atoms. The average molecular weight is 486 g/mol. The number of carbonyl (C=O) groups is 1. The molecule has 4 rings (SSSR count). The van der Waals surface area contributed by atoms with Gasteiger partial charge in [0.05, 0.1) is 6.42 Å². The van der Waals surface area contributed by atoms with Crippen LogP contribution in [0.2, 0.25) is 0 Å². The van der Waals surface area contributed by atoms with Crippen molar-refractivity contribution >= 4 is 17.5 Å². The summed E-state index contributed by atoms with van der Waals surface area (Å²) in [4.78, 5) is 21.1. The molecule has 0 spiro atoms. The fraction of sp³-hybridized carbons (Fsp3) is 0.320. The maximum Gasteiger partial charge on any atom is 0.394 e. The van der Waals surface area contributed by atoms with Gasteiger partial charge in [-0.15, -0.1) is 0 Å². The van der Waals surface area contributed by atoms with Crippen LogP contribution in [0.1, 0.15) is 36.5 Å². The maximum absolute atomic E-state index is 15.4. The van der Waals surface area contributed by atoms with E-state index < -0.39 is 17.8 Å². The summed E-state index contributed by atoms with van der Waals surface area (Å²) in [6, 6.07) is 13.7. The van der Waals surface area contributed by atoms with E-state index in [9.17, 15) is 13.6 Å². The van der Waals surface area contributed by atoms with Crippen molar-refractivity contribution in [2.45, 2.75) is 51.4 Å². The first-order valence-electron chi connectivity index (χ1n) is 11.2. The Balaban J connectivity index is 1.48. The zero-order valence-corrected chi connectivity index (χ0v) is 19.2. The van der Waals surface area contributed by atoms with Crippen molar-refractivity contribution in [3.8, 4) is 5.75 Å². The molecule has 2 aromatic carbocycles. The van der Waals surface area contributed by atoms with Crippen molar-refractivity contribution in [1.29, 1.82) is 0 Å². The topological polar surface area (TPSA) is 93.4 Å². The lowest BCUT2D eigenvalue weighted by Gasteiger charge is -2.25. The first-order chi connectivity index (χ1) is 16.7. The van der Waals surface area contributed by atoms with Crippen LogP contribution in [0.25, 0.3) is 0 Å². The standard InChI is InChI=1S/C25H26F3N5O2/c1-25(27,28)35-20-4-2-3-18(11-20)14-33(19-9-10-19)24-22(26)23(31-15-32-24)30-13-17-7-5-16(6-8-17)12-21(29)34/h2-8,11,15,19H,9-10,12-14H2,1H3,(H2,29,34)(H,30,31,32). The van der Waals surface area contributed by atoms with Crippen molar-refractivity contribution in [1.82, 2.24) is 9.97 Å². The molecular formula is C25H26F3N5O2. The Bertz CT molecular complexity index is 1180. The molecule has 10 heteroatoms. The van der Waals surface area contributed by atoms with E-state index in [1.807, 2.05) is 17.0 Å². The number of primary amides is 1. The van der Waals surface area contributed by atoms with Gasteiger partial charge in [-0.05, 0) is 41.7 Å². The average Bonchev–Trinajstić information content (AvgIpc) is 3.62. The van der Waals surface area contributed by atoms with Crippen molar-refractivity contribution in [2.75, 3.05) is 10.2 Å². The van der Waals surface area contributed by atoms with Crippen LogP contribution in [0, 0.1) is 5.82 Å². The van der Waals surface area contributed by atoms with E-state index in [1.165, 1.54) is 18.5 Å². The number of nitrogens with two attached hydrogens (primary N) is 1. The van der Waals surface area contributed by atoms with Crippen molar-refractivity contribution < 1.29 is 22.7 Å². The summed E-state index contributed by atoms with van der Waals surface area (Å²) in [7, 11) is 0. The van der Waals surface area contributed by atoms with Crippen LogP contribution < -0.4 is 20.7 Å². The number of benzene rings is 2. The fourth-order valence-electron chi connectivity index (χ4n) is 3.72. The van der Waals surface area contributed by atoms with Crippen molar-refractivity contribution in [3.63, 3.8) is 0 Å². The Hall–Kier alpha value is -3.82. The Morgan fingerprint density at radius 2 is 1.86 bits per heavy atom. The summed E-state index contributed by atoms with van der Waals surface area (Å²) in [5.41, 5.74) is 7.58. The second-order valence-corrected chi connectivity index (χ2v) is 8.59. The van der Waals surface area contributed by atoms with E-state index in [4.69, 9.17) is 5.73 Å². The SMILES string of the molecule is CC(F)(F)Oc1cccc(CN(c2ncnc(NCc3ccc(CC(N)=O)cc3)c2F)C2CC2)c1. The number of carbonyl (C=O) groups excluding carboxylic acids is 1. The minimum atomic E-state index is -3.30. The molecule has 1 fully saturated rings. The molecule has 1 amide bonds. The molecule has 0 saturated heterocycles. The highest BCUT2D eigenvalue weighted by Gasteiger charge is 2.33. The molecule has 3 N–H and O–H groups in total. The van der Waals surface area contributed by atoms with Crippen LogP contribution in [0.15, 0.2) is 54.9 Å². The number of aromatic nitrogens is 2. The van der Waals surface area contributed by atoms with Gasteiger partial charge in [-0.3, -0.25) is 4.79 Å². The summed E-state index contributed by atoms with van der Waals surface area (Å²) in [6.07, 6.45) is -0.0791. The molecule has 35 heavy (non-hydrogen) atoms. The van der Waals surface area contributed by atoms with Crippen molar-refractivity contribution in [2.24, 2.45) is 5.73 Å². The van der Waals surface area contributed by atoms with Crippen LogP contribution in [0.5, 0.6) is 5.75 Å². The molecule has 0 unspecified atom stereocenters. The molecule has 1 aromatic heterocycles. The van der Waals surface area contributed by atoms with E-state index in [0.29, 0.717) is 19.0 Å². The number of anilines is 2. The number of rotatable bonds is 11. The number of hydrogen-bond donors (Lipinski definition) is 2. The highest BCUT2D eigenvalue weighted by molar-refractivity contribution is 5.76. The third kappa shape index (κ3) is 6.84.